The summed E-state index contributed by atoms with van der Waals surface area (Å²) in [5, 5.41) is 2.76. The van der Waals surface area contributed by atoms with E-state index in [4.69, 9.17) is 11.6 Å². The second kappa shape index (κ2) is 6.66. The van der Waals surface area contributed by atoms with Crippen LogP contribution >= 0.6 is 27.5 Å². The van der Waals surface area contributed by atoms with Crippen molar-refractivity contribution in [1.82, 2.24) is 4.98 Å². The number of nitrogens with one attached hydrogen (secondary N) is 1. The van der Waals surface area contributed by atoms with Crippen LogP contribution < -0.4 is 5.32 Å². The lowest BCUT2D eigenvalue weighted by atomic mass is 10.1. The van der Waals surface area contributed by atoms with E-state index < -0.39 is 17.8 Å². The van der Waals surface area contributed by atoms with Gasteiger partial charge in [-0.15, -0.1) is 11.6 Å². The smallest absolute Gasteiger partial charge is 0.362 e. The summed E-state index contributed by atoms with van der Waals surface area (Å²) < 4.78 is 39.4. The van der Waals surface area contributed by atoms with Crippen LogP contribution in [-0.4, -0.2) is 10.9 Å². The molecule has 0 fully saturated rings. The van der Waals surface area contributed by atoms with E-state index in [0.717, 1.165) is 11.6 Å². The molecule has 1 heterocycles. The molecule has 1 N–H and O–H groups in total. The van der Waals surface area contributed by atoms with E-state index in [9.17, 15) is 13.2 Å². The number of alkyl halides is 4. The number of benzene rings is 1. The van der Waals surface area contributed by atoms with E-state index >= 15 is 0 Å². The topological polar surface area (TPSA) is 24.9 Å². The molecule has 0 aliphatic carbocycles. The SMILES string of the molecule is FC(F)(F)c1cc(Br)cnc1NC(CCl)c1ccccc1. The van der Waals surface area contributed by atoms with Crippen molar-refractivity contribution in [2.24, 2.45) is 0 Å². The Morgan fingerprint density at radius 1 is 1.24 bits per heavy atom. The Hall–Kier alpha value is -1.27. The fourth-order valence-corrected chi connectivity index (χ4v) is 2.42. The first-order chi connectivity index (χ1) is 9.91. The monoisotopic (exact) mass is 378 g/mol. The van der Waals surface area contributed by atoms with Crippen LogP contribution in [0.2, 0.25) is 0 Å². The second-order valence-corrected chi connectivity index (χ2v) is 5.53. The summed E-state index contributed by atoms with van der Waals surface area (Å²) in [6.45, 7) is 0. The van der Waals surface area contributed by atoms with Gasteiger partial charge in [0.15, 0.2) is 0 Å². The molecule has 1 aromatic heterocycles. The van der Waals surface area contributed by atoms with Gasteiger partial charge in [-0.3, -0.25) is 0 Å². The van der Waals surface area contributed by atoms with Crippen molar-refractivity contribution in [2.75, 3.05) is 11.2 Å². The summed E-state index contributed by atoms with van der Waals surface area (Å²) in [4.78, 5) is 3.82. The van der Waals surface area contributed by atoms with Crippen molar-refractivity contribution in [3.63, 3.8) is 0 Å². The lowest BCUT2D eigenvalue weighted by Gasteiger charge is -2.20. The van der Waals surface area contributed by atoms with Gasteiger partial charge in [0.2, 0.25) is 0 Å². The highest BCUT2D eigenvalue weighted by Gasteiger charge is 2.35. The van der Waals surface area contributed by atoms with Crippen molar-refractivity contribution >= 4 is 33.3 Å². The number of aromatic nitrogens is 1. The van der Waals surface area contributed by atoms with Crippen LogP contribution in [0.4, 0.5) is 19.0 Å². The third-order valence-corrected chi connectivity index (χ3v) is 3.57. The van der Waals surface area contributed by atoms with Gasteiger partial charge in [-0.1, -0.05) is 30.3 Å². The molecule has 1 atom stereocenters. The predicted molar refractivity (Wildman–Crippen MR) is 80.5 cm³/mol. The molecule has 112 valence electrons. The third-order valence-electron chi connectivity index (χ3n) is 2.83. The number of pyridine rings is 1. The minimum atomic E-state index is -4.49. The summed E-state index contributed by atoms with van der Waals surface area (Å²) in [6.07, 6.45) is -3.18. The normalized spacial score (nSPS) is 13.0. The molecule has 0 amide bonds. The van der Waals surface area contributed by atoms with Gasteiger partial charge in [0, 0.05) is 16.5 Å². The molecule has 1 unspecified atom stereocenters. The Bertz CT molecular complexity index is 605. The van der Waals surface area contributed by atoms with Gasteiger partial charge in [0.1, 0.15) is 5.82 Å². The molecule has 7 heteroatoms. The van der Waals surface area contributed by atoms with Gasteiger partial charge in [-0.2, -0.15) is 13.2 Å². The Balaban J connectivity index is 2.34. The molecule has 1 aromatic carbocycles. The molecule has 0 saturated carbocycles. The van der Waals surface area contributed by atoms with E-state index in [2.05, 4.69) is 26.2 Å². The molecule has 0 bridgehead atoms. The zero-order valence-electron chi connectivity index (χ0n) is 10.7. The zero-order chi connectivity index (χ0) is 15.5. The van der Waals surface area contributed by atoms with E-state index in [1.54, 1.807) is 24.3 Å². The maximum Gasteiger partial charge on any atom is 0.419 e. The molecule has 0 saturated heterocycles. The number of halogens is 5. The van der Waals surface area contributed by atoms with Crippen molar-refractivity contribution in [3.8, 4) is 0 Å². The van der Waals surface area contributed by atoms with Crippen LogP contribution in [0, 0.1) is 0 Å². The first-order valence-electron chi connectivity index (χ1n) is 6.02. The summed E-state index contributed by atoms with van der Waals surface area (Å²) in [6, 6.07) is 9.56. The van der Waals surface area contributed by atoms with Gasteiger partial charge in [-0.25, -0.2) is 4.98 Å². The van der Waals surface area contributed by atoms with Gasteiger partial charge in [0.25, 0.3) is 0 Å². The first kappa shape index (κ1) is 16.1. The van der Waals surface area contributed by atoms with Crippen molar-refractivity contribution < 1.29 is 13.2 Å². The maximum atomic E-state index is 13.1. The van der Waals surface area contributed by atoms with E-state index in [0.29, 0.717) is 0 Å². The van der Waals surface area contributed by atoms with Crippen LogP contribution in [0.15, 0.2) is 47.1 Å². The largest absolute Gasteiger partial charge is 0.419 e. The Kier molecular flexibility index (Phi) is 5.11. The van der Waals surface area contributed by atoms with Crippen LogP contribution in [-0.2, 0) is 6.18 Å². The summed E-state index contributed by atoms with van der Waals surface area (Å²) in [7, 11) is 0. The Labute approximate surface area is 133 Å². The van der Waals surface area contributed by atoms with Crippen LogP contribution in [0.5, 0.6) is 0 Å². The average Bonchev–Trinajstić information content (AvgIpc) is 2.46. The summed E-state index contributed by atoms with van der Waals surface area (Å²) >= 11 is 8.87. The Morgan fingerprint density at radius 3 is 2.48 bits per heavy atom. The van der Waals surface area contributed by atoms with E-state index in [1.165, 1.54) is 6.20 Å². The first-order valence-corrected chi connectivity index (χ1v) is 7.34. The summed E-state index contributed by atoms with van der Waals surface area (Å²) in [5.74, 6) is -0.112. The maximum absolute atomic E-state index is 13.1. The minimum absolute atomic E-state index is 0.124. The fraction of sp³-hybridized carbons (Fsp3) is 0.214. The molecular formula is C14H11BrClF3N2. The molecule has 0 spiro atoms. The minimum Gasteiger partial charge on any atom is -0.362 e. The Morgan fingerprint density at radius 2 is 1.90 bits per heavy atom. The highest BCUT2D eigenvalue weighted by atomic mass is 79.9. The van der Waals surface area contributed by atoms with Crippen molar-refractivity contribution in [1.29, 1.82) is 0 Å². The molecule has 0 aliphatic rings. The van der Waals surface area contributed by atoms with Gasteiger partial charge < -0.3 is 5.32 Å². The molecular weight excluding hydrogens is 369 g/mol. The molecule has 2 rings (SSSR count). The van der Waals surface area contributed by atoms with Crippen molar-refractivity contribution in [3.05, 3.63) is 58.2 Å². The number of nitrogens with zero attached hydrogens (tertiary/aromatic N) is 1. The molecule has 0 aliphatic heterocycles. The highest BCUT2D eigenvalue weighted by Crippen LogP contribution is 2.36. The van der Waals surface area contributed by atoms with Gasteiger partial charge in [0.05, 0.1) is 11.6 Å². The number of anilines is 1. The lowest BCUT2D eigenvalue weighted by molar-refractivity contribution is -0.137. The summed E-state index contributed by atoms with van der Waals surface area (Å²) in [5.41, 5.74) is -0.0340. The number of rotatable bonds is 4. The molecule has 21 heavy (non-hydrogen) atoms. The highest BCUT2D eigenvalue weighted by molar-refractivity contribution is 9.10. The zero-order valence-corrected chi connectivity index (χ0v) is 13.0. The van der Waals surface area contributed by atoms with Crippen LogP contribution in [0.1, 0.15) is 17.2 Å². The fourth-order valence-electron chi connectivity index (χ4n) is 1.83. The van der Waals surface area contributed by atoms with E-state index in [-0.39, 0.29) is 16.2 Å². The van der Waals surface area contributed by atoms with Gasteiger partial charge in [-0.05, 0) is 27.6 Å². The van der Waals surface area contributed by atoms with Crippen LogP contribution in [0.25, 0.3) is 0 Å². The predicted octanol–water partition coefficient (Wildman–Crippen LogP) is 5.25. The second-order valence-electron chi connectivity index (χ2n) is 4.31. The third kappa shape index (κ3) is 4.11. The molecule has 2 nitrogen and oxygen atoms in total. The quantitative estimate of drug-likeness (QED) is 0.734. The molecule has 0 radical (unpaired) electrons. The van der Waals surface area contributed by atoms with Crippen molar-refractivity contribution in [2.45, 2.75) is 12.2 Å². The number of hydrogen-bond acceptors (Lipinski definition) is 2. The molecule has 2 aromatic rings. The number of hydrogen-bond donors (Lipinski definition) is 1. The standard InChI is InChI=1S/C14H11BrClF3N2/c15-10-6-11(14(17,18)19)13(20-8-10)21-12(7-16)9-4-2-1-3-5-9/h1-6,8,12H,7H2,(H,20,21). The van der Waals surface area contributed by atoms with Crippen LogP contribution in [0.3, 0.4) is 0 Å². The lowest BCUT2D eigenvalue weighted by Crippen LogP contribution is -2.17. The van der Waals surface area contributed by atoms with E-state index in [1.807, 2.05) is 6.07 Å². The average molecular weight is 380 g/mol. The van der Waals surface area contributed by atoms with Gasteiger partial charge >= 0.3 is 6.18 Å².